The number of para-hydroxylation sites is 1. The minimum absolute atomic E-state index is 0.155. The van der Waals surface area contributed by atoms with Crippen molar-refractivity contribution >= 4 is 0 Å². The van der Waals surface area contributed by atoms with Crippen LogP contribution in [0.5, 0.6) is 5.75 Å². The fourth-order valence-corrected chi connectivity index (χ4v) is 0.758. The van der Waals surface area contributed by atoms with Gasteiger partial charge in [-0.3, -0.25) is 0 Å². The average molecular weight is 157 g/mol. The third-order valence-corrected chi connectivity index (χ3v) is 1.29. The number of rotatable bonds is 0. The highest BCUT2D eigenvalue weighted by atomic mass is 16.3. The zero-order chi connectivity index (χ0) is 8.81. The summed E-state index contributed by atoms with van der Waals surface area (Å²) >= 11 is 0. The van der Waals surface area contributed by atoms with Crippen molar-refractivity contribution in [3.05, 3.63) is 29.8 Å². The molecule has 1 rings (SSSR count). The van der Waals surface area contributed by atoms with Gasteiger partial charge < -0.3 is 5.11 Å². The van der Waals surface area contributed by atoms with E-state index in [0.717, 1.165) is 0 Å². The first kappa shape index (κ1) is 8.17. The van der Waals surface area contributed by atoms with E-state index in [-0.39, 0.29) is 12.2 Å². The second kappa shape index (κ2) is 4.05. The lowest BCUT2D eigenvalue weighted by Gasteiger charge is -1.92. The summed E-state index contributed by atoms with van der Waals surface area (Å²) < 4.78 is 0. The summed E-state index contributed by atoms with van der Waals surface area (Å²) in [5.41, 5.74) is 0.563. The smallest absolute Gasteiger partial charge is 0.131 e. The third kappa shape index (κ3) is 2.04. The maximum absolute atomic E-state index is 9.22. The maximum Gasteiger partial charge on any atom is 0.131 e. The van der Waals surface area contributed by atoms with Crippen LogP contribution in [0.1, 0.15) is 12.0 Å². The number of hydrogen-bond donors (Lipinski definition) is 1. The molecule has 0 atom stereocenters. The van der Waals surface area contributed by atoms with Crippen LogP contribution < -0.4 is 0 Å². The fraction of sp³-hybridized carbons (Fsp3) is 0.100. The Morgan fingerprint density at radius 3 is 2.75 bits per heavy atom. The van der Waals surface area contributed by atoms with E-state index in [4.69, 9.17) is 5.26 Å². The van der Waals surface area contributed by atoms with E-state index < -0.39 is 0 Å². The van der Waals surface area contributed by atoms with E-state index in [2.05, 4.69) is 11.8 Å². The number of benzene rings is 1. The molecule has 0 aliphatic rings. The number of aromatic hydroxyl groups is 1. The molecule has 0 heterocycles. The zero-order valence-electron chi connectivity index (χ0n) is 6.41. The van der Waals surface area contributed by atoms with Crippen molar-refractivity contribution in [3.63, 3.8) is 0 Å². The van der Waals surface area contributed by atoms with Crippen molar-refractivity contribution in [2.45, 2.75) is 6.42 Å². The summed E-state index contributed by atoms with van der Waals surface area (Å²) in [6.07, 6.45) is 0.189. The molecule has 0 saturated carbocycles. The normalized spacial score (nSPS) is 7.92. The number of hydrogen-bond acceptors (Lipinski definition) is 2. The Morgan fingerprint density at radius 2 is 2.08 bits per heavy atom. The molecule has 58 valence electrons. The van der Waals surface area contributed by atoms with Crippen LogP contribution in [0.15, 0.2) is 24.3 Å². The molecular formula is C10H7NO. The molecule has 1 aromatic rings. The lowest BCUT2D eigenvalue weighted by atomic mass is 10.2. The lowest BCUT2D eigenvalue weighted by molar-refractivity contribution is 0.473. The summed E-state index contributed by atoms with van der Waals surface area (Å²) in [7, 11) is 0. The first-order valence-electron chi connectivity index (χ1n) is 3.48. The standard InChI is InChI=1S/C10H7NO/c11-8-4-3-6-9-5-1-2-7-10(9)12/h1-2,5,7,12H,4H2. The van der Waals surface area contributed by atoms with Crippen molar-refractivity contribution in [3.8, 4) is 23.7 Å². The van der Waals surface area contributed by atoms with Crippen molar-refractivity contribution in [1.29, 1.82) is 5.26 Å². The van der Waals surface area contributed by atoms with Gasteiger partial charge in [-0.1, -0.05) is 24.0 Å². The molecule has 0 fully saturated rings. The van der Waals surface area contributed by atoms with E-state index in [1.54, 1.807) is 24.3 Å². The molecule has 0 amide bonds. The first-order valence-corrected chi connectivity index (χ1v) is 3.48. The van der Waals surface area contributed by atoms with Crippen molar-refractivity contribution < 1.29 is 5.11 Å². The number of nitriles is 1. The first-order chi connectivity index (χ1) is 5.84. The molecular weight excluding hydrogens is 150 g/mol. The lowest BCUT2D eigenvalue weighted by Crippen LogP contribution is -1.73. The van der Waals surface area contributed by atoms with Crippen molar-refractivity contribution in [2.75, 3.05) is 0 Å². The van der Waals surface area contributed by atoms with E-state index >= 15 is 0 Å². The summed E-state index contributed by atoms with van der Waals surface area (Å²) in [4.78, 5) is 0. The second-order valence-corrected chi connectivity index (χ2v) is 2.15. The predicted octanol–water partition coefficient (Wildman–Crippen LogP) is 1.66. The molecule has 2 nitrogen and oxygen atoms in total. The minimum atomic E-state index is 0.155. The molecule has 2 heteroatoms. The maximum atomic E-state index is 9.22. The highest BCUT2D eigenvalue weighted by molar-refractivity contribution is 5.44. The van der Waals surface area contributed by atoms with Gasteiger partial charge in [-0.05, 0) is 12.1 Å². The van der Waals surface area contributed by atoms with E-state index in [1.807, 2.05) is 6.07 Å². The summed E-state index contributed by atoms with van der Waals surface area (Å²) in [6, 6.07) is 8.69. The summed E-state index contributed by atoms with van der Waals surface area (Å²) in [5, 5.41) is 17.4. The van der Waals surface area contributed by atoms with Gasteiger partial charge in [-0.25, -0.2) is 0 Å². The van der Waals surface area contributed by atoms with Crippen molar-refractivity contribution in [1.82, 2.24) is 0 Å². The van der Waals surface area contributed by atoms with Crippen LogP contribution in [-0.2, 0) is 0 Å². The van der Waals surface area contributed by atoms with Crippen LogP contribution >= 0.6 is 0 Å². The Morgan fingerprint density at radius 1 is 1.33 bits per heavy atom. The molecule has 0 aromatic heterocycles. The van der Waals surface area contributed by atoms with Crippen LogP contribution in [-0.4, -0.2) is 5.11 Å². The Bertz CT molecular complexity index is 365. The van der Waals surface area contributed by atoms with E-state index in [1.165, 1.54) is 0 Å². The highest BCUT2D eigenvalue weighted by Gasteiger charge is 1.92. The van der Waals surface area contributed by atoms with Gasteiger partial charge in [0.15, 0.2) is 0 Å². The van der Waals surface area contributed by atoms with Gasteiger partial charge in [0.25, 0.3) is 0 Å². The Labute approximate surface area is 71.1 Å². The molecule has 1 N–H and O–H groups in total. The molecule has 0 aliphatic heterocycles. The summed E-state index contributed by atoms with van der Waals surface area (Å²) in [6.45, 7) is 0. The van der Waals surface area contributed by atoms with E-state index in [9.17, 15) is 5.11 Å². The molecule has 1 aromatic carbocycles. The SMILES string of the molecule is N#CCC#Cc1ccccc1O. The van der Waals surface area contributed by atoms with Crippen molar-refractivity contribution in [2.24, 2.45) is 0 Å². The fourth-order valence-electron chi connectivity index (χ4n) is 0.758. The molecule has 0 bridgehead atoms. The van der Waals surface area contributed by atoms with Gasteiger partial charge in [0.1, 0.15) is 5.75 Å². The van der Waals surface area contributed by atoms with Crippen LogP contribution in [0.4, 0.5) is 0 Å². The Kier molecular flexibility index (Phi) is 2.76. The van der Waals surface area contributed by atoms with E-state index in [0.29, 0.717) is 5.56 Å². The number of phenolic OH excluding ortho intramolecular Hbond substituents is 1. The van der Waals surface area contributed by atoms with Gasteiger partial charge in [-0.15, -0.1) is 0 Å². The van der Waals surface area contributed by atoms with Gasteiger partial charge in [0, 0.05) is 0 Å². The van der Waals surface area contributed by atoms with Crippen LogP contribution in [0, 0.1) is 23.2 Å². The molecule has 0 aliphatic carbocycles. The summed E-state index contributed by atoms with van der Waals surface area (Å²) in [5.74, 6) is 5.47. The second-order valence-electron chi connectivity index (χ2n) is 2.15. The molecule has 0 spiro atoms. The van der Waals surface area contributed by atoms with Crippen LogP contribution in [0.3, 0.4) is 0 Å². The van der Waals surface area contributed by atoms with Gasteiger partial charge in [-0.2, -0.15) is 5.26 Å². The quantitative estimate of drug-likeness (QED) is 0.582. The number of phenols is 1. The number of nitrogens with zero attached hydrogens (tertiary/aromatic N) is 1. The van der Waals surface area contributed by atoms with Crippen LogP contribution in [0.25, 0.3) is 0 Å². The molecule has 0 radical (unpaired) electrons. The monoisotopic (exact) mass is 157 g/mol. The van der Waals surface area contributed by atoms with Gasteiger partial charge >= 0.3 is 0 Å². The zero-order valence-corrected chi connectivity index (χ0v) is 6.41. The van der Waals surface area contributed by atoms with Gasteiger partial charge in [0.05, 0.1) is 18.1 Å². The molecule has 0 saturated heterocycles. The minimum Gasteiger partial charge on any atom is -0.507 e. The average Bonchev–Trinajstić information content (AvgIpc) is 2.09. The molecule has 0 unspecified atom stereocenters. The topological polar surface area (TPSA) is 44.0 Å². The largest absolute Gasteiger partial charge is 0.507 e. The molecule has 12 heavy (non-hydrogen) atoms. The predicted molar refractivity (Wildman–Crippen MR) is 45.2 cm³/mol. The Hall–Kier alpha value is -1.93. The van der Waals surface area contributed by atoms with Gasteiger partial charge in [0.2, 0.25) is 0 Å². The third-order valence-electron chi connectivity index (χ3n) is 1.29. The van der Waals surface area contributed by atoms with Crippen LogP contribution in [0.2, 0.25) is 0 Å². The Balaban J connectivity index is 2.86. The highest BCUT2D eigenvalue weighted by Crippen LogP contribution is 2.13.